The van der Waals surface area contributed by atoms with Gasteiger partial charge < -0.3 is 15.2 Å². The lowest BCUT2D eigenvalue weighted by molar-refractivity contribution is 0.0525. The minimum absolute atomic E-state index is 0.0822. The summed E-state index contributed by atoms with van der Waals surface area (Å²) in [6.07, 6.45) is 0. The molecule has 6 heteroatoms. The fourth-order valence-electron chi connectivity index (χ4n) is 2.27. The number of anilines is 1. The lowest BCUT2D eigenvalue weighted by atomic mass is 10.1. The van der Waals surface area contributed by atoms with Gasteiger partial charge in [-0.25, -0.2) is 9.59 Å². The summed E-state index contributed by atoms with van der Waals surface area (Å²) in [5, 5.41) is 0. The van der Waals surface area contributed by atoms with E-state index in [-0.39, 0.29) is 30.0 Å². The van der Waals surface area contributed by atoms with Crippen molar-refractivity contribution in [2.24, 2.45) is 0 Å². The summed E-state index contributed by atoms with van der Waals surface area (Å²) in [6.45, 7) is 3.85. The Labute approximate surface area is 134 Å². The third kappa shape index (κ3) is 2.87. The number of esters is 2. The normalized spacial score (nSPS) is 10.5. The van der Waals surface area contributed by atoms with Crippen molar-refractivity contribution in [1.29, 1.82) is 0 Å². The summed E-state index contributed by atoms with van der Waals surface area (Å²) in [6, 6.07) is 6.84. The van der Waals surface area contributed by atoms with Crippen molar-refractivity contribution >= 4 is 30.3 Å². The first-order valence-electron chi connectivity index (χ1n) is 6.89. The molecular weight excluding hydrogens is 302 g/mol. The molecule has 0 unspecified atom stereocenters. The van der Waals surface area contributed by atoms with Gasteiger partial charge >= 0.3 is 11.9 Å². The van der Waals surface area contributed by atoms with Crippen LogP contribution in [0.3, 0.4) is 0 Å². The van der Waals surface area contributed by atoms with Crippen LogP contribution in [0.25, 0.3) is 11.1 Å². The summed E-state index contributed by atoms with van der Waals surface area (Å²) in [7, 11) is 0. The van der Waals surface area contributed by atoms with Crippen LogP contribution in [0.2, 0.25) is 0 Å². The molecule has 0 bridgehead atoms. The van der Waals surface area contributed by atoms with Crippen molar-refractivity contribution < 1.29 is 19.1 Å². The first kappa shape index (κ1) is 16.2. The van der Waals surface area contributed by atoms with Gasteiger partial charge in [0.25, 0.3) is 0 Å². The van der Waals surface area contributed by atoms with E-state index in [2.05, 4.69) is 12.6 Å². The highest BCUT2D eigenvalue weighted by molar-refractivity contribution is 7.80. The summed E-state index contributed by atoms with van der Waals surface area (Å²) >= 11 is 4.27. The number of fused-ring (bicyclic) bond motifs is 1. The Hall–Kier alpha value is -2.21. The quantitative estimate of drug-likeness (QED) is 0.669. The number of hydrogen-bond acceptors (Lipinski definition) is 6. The zero-order valence-electron chi connectivity index (χ0n) is 12.4. The van der Waals surface area contributed by atoms with Crippen molar-refractivity contribution in [2.75, 3.05) is 18.9 Å². The molecule has 5 nitrogen and oxygen atoms in total. The molecule has 0 saturated heterocycles. The second kappa shape index (κ2) is 6.70. The molecule has 22 heavy (non-hydrogen) atoms. The SMILES string of the molecule is CCOC(=O)c1c2ccc(S)ccc-2c(C(=O)OCC)c1N. The monoisotopic (exact) mass is 319 g/mol. The Kier molecular flexibility index (Phi) is 4.92. The van der Waals surface area contributed by atoms with E-state index in [1.54, 1.807) is 38.1 Å². The molecule has 0 heterocycles. The van der Waals surface area contributed by atoms with E-state index >= 15 is 0 Å². The number of hydrogen-bond donors (Lipinski definition) is 2. The fraction of sp³-hybridized carbons (Fsp3) is 0.250. The minimum Gasteiger partial charge on any atom is -0.462 e. The van der Waals surface area contributed by atoms with Gasteiger partial charge in [0.05, 0.1) is 30.0 Å². The molecule has 0 aliphatic heterocycles. The van der Waals surface area contributed by atoms with Crippen LogP contribution in [0.1, 0.15) is 34.6 Å². The molecule has 0 aromatic rings. The Morgan fingerprint density at radius 3 is 1.73 bits per heavy atom. The highest BCUT2D eigenvalue weighted by Crippen LogP contribution is 2.39. The van der Waals surface area contributed by atoms with Gasteiger partial charge in [0, 0.05) is 4.90 Å². The highest BCUT2D eigenvalue weighted by Gasteiger charge is 2.30. The van der Waals surface area contributed by atoms with E-state index in [0.29, 0.717) is 16.0 Å². The number of carbonyl (C=O) groups excluding carboxylic acids is 2. The summed E-state index contributed by atoms with van der Waals surface area (Å²) in [5.74, 6) is -1.13. The topological polar surface area (TPSA) is 78.6 Å². The van der Waals surface area contributed by atoms with Crippen LogP contribution in [0.15, 0.2) is 29.2 Å². The molecule has 0 atom stereocenters. The van der Waals surface area contributed by atoms with E-state index in [1.165, 1.54) is 0 Å². The van der Waals surface area contributed by atoms with Crippen molar-refractivity contribution in [3.8, 4) is 11.1 Å². The van der Waals surface area contributed by atoms with E-state index < -0.39 is 11.9 Å². The second-order valence-electron chi connectivity index (χ2n) is 4.52. The van der Waals surface area contributed by atoms with Crippen LogP contribution >= 0.6 is 12.6 Å². The molecule has 0 radical (unpaired) electrons. The number of nitrogen functional groups attached to an aromatic ring is 1. The smallest absolute Gasteiger partial charge is 0.340 e. The van der Waals surface area contributed by atoms with Crippen LogP contribution in [-0.4, -0.2) is 25.2 Å². The number of carbonyl (C=O) groups is 2. The molecule has 0 aromatic heterocycles. The molecule has 0 saturated carbocycles. The predicted octanol–water partition coefficient (Wildman–Crippen LogP) is 3.02. The lowest BCUT2D eigenvalue weighted by Gasteiger charge is -2.03. The Morgan fingerprint density at radius 2 is 1.36 bits per heavy atom. The number of thiol groups is 1. The van der Waals surface area contributed by atoms with E-state index in [4.69, 9.17) is 15.2 Å². The maximum Gasteiger partial charge on any atom is 0.340 e. The van der Waals surface area contributed by atoms with Gasteiger partial charge in [-0.1, -0.05) is 12.1 Å². The minimum atomic E-state index is -0.563. The highest BCUT2D eigenvalue weighted by atomic mass is 32.1. The zero-order chi connectivity index (χ0) is 16.3. The molecule has 2 rings (SSSR count). The van der Waals surface area contributed by atoms with Crippen molar-refractivity contribution in [3.05, 3.63) is 35.4 Å². The molecule has 116 valence electrons. The maximum absolute atomic E-state index is 12.2. The molecule has 2 aliphatic carbocycles. The Bertz CT molecular complexity index is 643. The van der Waals surface area contributed by atoms with Gasteiger partial charge in [-0.15, -0.1) is 12.6 Å². The third-order valence-electron chi connectivity index (χ3n) is 3.17. The van der Waals surface area contributed by atoms with Crippen LogP contribution in [-0.2, 0) is 9.47 Å². The van der Waals surface area contributed by atoms with Gasteiger partial charge in [0.15, 0.2) is 0 Å². The van der Waals surface area contributed by atoms with E-state index in [0.717, 1.165) is 0 Å². The van der Waals surface area contributed by atoms with Crippen molar-refractivity contribution in [3.63, 3.8) is 0 Å². The van der Waals surface area contributed by atoms with Crippen molar-refractivity contribution in [1.82, 2.24) is 0 Å². The van der Waals surface area contributed by atoms with Crippen LogP contribution in [0.5, 0.6) is 0 Å². The predicted molar refractivity (Wildman–Crippen MR) is 86.6 cm³/mol. The van der Waals surface area contributed by atoms with Gasteiger partial charge in [0.2, 0.25) is 0 Å². The lowest BCUT2D eigenvalue weighted by Crippen LogP contribution is -2.09. The molecule has 2 N–H and O–H groups in total. The first-order valence-corrected chi connectivity index (χ1v) is 7.34. The summed E-state index contributed by atoms with van der Waals surface area (Å²) in [4.78, 5) is 25.1. The van der Waals surface area contributed by atoms with E-state index in [9.17, 15) is 9.59 Å². The standard InChI is InChI=1S/C16H17NO4S/c1-3-20-15(18)12-10-7-5-9(22)6-8-11(10)13(14(12)17)16(19)21-4-2/h5-8,22H,3-4,17H2,1-2H3. The van der Waals surface area contributed by atoms with Gasteiger partial charge in [-0.3, -0.25) is 0 Å². The Balaban J connectivity index is 2.72. The third-order valence-corrected chi connectivity index (χ3v) is 3.47. The molecule has 0 aromatic carbocycles. The van der Waals surface area contributed by atoms with Crippen LogP contribution < -0.4 is 5.73 Å². The van der Waals surface area contributed by atoms with Gasteiger partial charge in [-0.05, 0) is 37.1 Å². The number of ether oxygens (including phenoxy) is 2. The molecular formula is C16H17NO4S. The maximum atomic E-state index is 12.2. The average Bonchev–Trinajstić information content (AvgIpc) is 2.62. The van der Waals surface area contributed by atoms with Crippen LogP contribution in [0, 0.1) is 0 Å². The summed E-state index contributed by atoms with van der Waals surface area (Å²) < 4.78 is 10.1. The van der Waals surface area contributed by atoms with Crippen LogP contribution in [0.4, 0.5) is 5.69 Å². The summed E-state index contributed by atoms with van der Waals surface area (Å²) in [5.41, 5.74) is 7.57. The second-order valence-corrected chi connectivity index (χ2v) is 5.04. The van der Waals surface area contributed by atoms with E-state index in [1.807, 2.05) is 0 Å². The largest absolute Gasteiger partial charge is 0.462 e. The Morgan fingerprint density at radius 1 is 0.955 bits per heavy atom. The molecule has 2 aliphatic rings. The molecule has 0 spiro atoms. The number of rotatable bonds is 4. The molecule has 0 fully saturated rings. The zero-order valence-corrected chi connectivity index (χ0v) is 13.3. The number of nitrogens with two attached hydrogens (primary N) is 1. The average molecular weight is 319 g/mol. The van der Waals surface area contributed by atoms with Gasteiger partial charge in [-0.2, -0.15) is 0 Å². The van der Waals surface area contributed by atoms with Gasteiger partial charge in [0.1, 0.15) is 0 Å². The first-order chi connectivity index (χ1) is 10.5. The molecule has 0 amide bonds. The fourth-order valence-corrected chi connectivity index (χ4v) is 2.42. The van der Waals surface area contributed by atoms with Crippen molar-refractivity contribution in [2.45, 2.75) is 18.7 Å².